The summed E-state index contributed by atoms with van der Waals surface area (Å²) >= 11 is 6.18. The molecule has 2 aromatic rings. The van der Waals surface area contributed by atoms with E-state index in [0.717, 1.165) is 5.56 Å². The van der Waals surface area contributed by atoms with E-state index in [1.54, 1.807) is 6.07 Å². The minimum atomic E-state index is -0.724. The number of benzene rings is 2. The van der Waals surface area contributed by atoms with Gasteiger partial charge in [-0.3, -0.25) is 9.63 Å². The lowest BCUT2D eigenvalue weighted by molar-refractivity contribution is 0.0268. The molecule has 150 valence electrons. The zero-order valence-corrected chi connectivity index (χ0v) is 16.2. The monoisotopic (exact) mass is 408 g/mol. The Labute approximate surface area is 167 Å². The Bertz CT molecular complexity index is 801. The molecule has 9 heteroatoms. The first-order valence-corrected chi connectivity index (χ1v) is 8.71. The molecule has 0 bridgehead atoms. The molecule has 0 aliphatic rings. The highest BCUT2D eigenvalue weighted by Gasteiger charge is 2.17. The number of nitrogens with one attached hydrogen (secondary N) is 2. The average molecular weight is 409 g/mol. The molecular weight excluding hydrogens is 388 g/mol. The van der Waals surface area contributed by atoms with Crippen LogP contribution in [0.2, 0.25) is 5.02 Å². The minimum absolute atomic E-state index is 0.0388. The van der Waals surface area contributed by atoms with Crippen molar-refractivity contribution >= 4 is 23.6 Å². The highest BCUT2D eigenvalue weighted by atomic mass is 35.5. The van der Waals surface area contributed by atoms with E-state index in [1.165, 1.54) is 20.3 Å². The smallest absolute Gasteiger partial charge is 0.431 e. The molecule has 0 radical (unpaired) electrons. The number of methoxy groups -OCH3 is 2. The van der Waals surface area contributed by atoms with Crippen LogP contribution in [-0.2, 0) is 16.2 Å². The molecule has 0 aliphatic carbocycles. The Kier molecular flexibility index (Phi) is 8.38. The topological polar surface area (TPSA) is 95.1 Å². The van der Waals surface area contributed by atoms with Gasteiger partial charge in [0.1, 0.15) is 6.61 Å². The lowest BCUT2D eigenvalue weighted by atomic mass is 10.2. The second kappa shape index (κ2) is 11.0. The molecular formula is C19H21ClN2O6. The van der Waals surface area contributed by atoms with Gasteiger partial charge in [-0.15, -0.1) is 0 Å². The molecule has 2 rings (SSSR count). The van der Waals surface area contributed by atoms with Gasteiger partial charge in [-0.25, -0.2) is 4.79 Å². The number of hydrogen-bond donors (Lipinski definition) is 2. The van der Waals surface area contributed by atoms with Crippen molar-refractivity contribution in [2.45, 2.75) is 6.61 Å². The summed E-state index contributed by atoms with van der Waals surface area (Å²) in [4.78, 5) is 28.7. The van der Waals surface area contributed by atoms with Crippen LogP contribution in [0.15, 0.2) is 42.5 Å². The van der Waals surface area contributed by atoms with E-state index in [0.29, 0.717) is 5.75 Å². The Balaban J connectivity index is 1.70. The number of carbonyl (C=O) groups excluding carboxylic acids is 2. The number of amides is 2. The van der Waals surface area contributed by atoms with E-state index in [4.69, 9.17) is 30.6 Å². The summed E-state index contributed by atoms with van der Waals surface area (Å²) in [6.07, 6.45) is -0.724. The molecule has 0 spiro atoms. The fraction of sp³-hybridized carbons (Fsp3) is 0.263. The molecule has 0 saturated carbocycles. The fourth-order valence-corrected chi connectivity index (χ4v) is 2.56. The standard InChI is InChI=1S/C19H21ClN2O6/c1-25-15-9-8-14(16(20)17(15)26-2)18(23)21-10-11-28-22-19(24)27-12-13-6-4-3-5-7-13/h3-9H,10-12H2,1-2H3,(H,21,23)(H,22,24). The van der Waals surface area contributed by atoms with Crippen LogP contribution in [-0.4, -0.2) is 39.4 Å². The van der Waals surface area contributed by atoms with Gasteiger partial charge in [-0.1, -0.05) is 41.9 Å². The van der Waals surface area contributed by atoms with E-state index >= 15 is 0 Å². The van der Waals surface area contributed by atoms with Crippen molar-refractivity contribution in [3.8, 4) is 11.5 Å². The lowest BCUT2D eigenvalue weighted by Crippen LogP contribution is -2.31. The van der Waals surface area contributed by atoms with E-state index in [1.807, 2.05) is 30.3 Å². The van der Waals surface area contributed by atoms with Gasteiger partial charge in [-0.05, 0) is 17.7 Å². The molecule has 2 aromatic carbocycles. The highest BCUT2D eigenvalue weighted by Crippen LogP contribution is 2.37. The number of ether oxygens (including phenoxy) is 3. The number of hydrogen-bond acceptors (Lipinski definition) is 6. The molecule has 0 unspecified atom stereocenters. The van der Waals surface area contributed by atoms with Crippen molar-refractivity contribution in [1.29, 1.82) is 0 Å². The highest BCUT2D eigenvalue weighted by molar-refractivity contribution is 6.35. The third-order valence-electron chi connectivity index (χ3n) is 3.59. The second-order valence-electron chi connectivity index (χ2n) is 5.43. The van der Waals surface area contributed by atoms with Crippen LogP contribution in [0.25, 0.3) is 0 Å². The lowest BCUT2D eigenvalue weighted by Gasteiger charge is -2.13. The first-order chi connectivity index (χ1) is 13.6. The molecule has 28 heavy (non-hydrogen) atoms. The van der Waals surface area contributed by atoms with Crippen LogP contribution in [0.1, 0.15) is 15.9 Å². The summed E-state index contributed by atoms with van der Waals surface area (Å²) in [6, 6.07) is 12.3. The summed E-state index contributed by atoms with van der Waals surface area (Å²) in [5, 5.41) is 2.76. The Morgan fingerprint density at radius 3 is 2.46 bits per heavy atom. The summed E-state index contributed by atoms with van der Waals surface area (Å²) in [5.41, 5.74) is 3.23. The van der Waals surface area contributed by atoms with E-state index in [2.05, 4.69) is 10.8 Å². The first-order valence-electron chi connectivity index (χ1n) is 8.34. The van der Waals surface area contributed by atoms with Gasteiger partial charge in [-0.2, -0.15) is 5.48 Å². The van der Waals surface area contributed by atoms with E-state index in [9.17, 15) is 9.59 Å². The average Bonchev–Trinajstić information content (AvgIpc) is 2.72. The molecule has 8 nitrogen and oxygen atoms in total. The molecule has 2 N–H and O–H groups in total. The molecule has 2 amide bonds. The van der Waals surface area contributed by atoms with Crippen LogP contribution >= 0.6 is 11.6 Å². The number of rotatable bonds is 9. The zero-order chi connectivity index (χ0) is 20.4. The first kappa shape index (κ1) is 21.3. The molecule has 0 fully saturated rings. The van der Waals surface area contributed by atoms with Crippen molar-refractivity contribution in [3.63, 3.8) is 0 Å². The Hall–Kier alpha value is -2.97. The van der Waals surface area contributed by atoms with Gasteiger partial charge >= 0.3 is 6.09 Å². The van der Waals surface area contributed by atoms with Crippen molar-refractivity contribution in [2.75, 3.05) is 27.4 Å². The van der Waals surface area contributed by atoms with Gasteiger partial charge in [0, 0.05) is 6.54 Å². The van der Waals surface area contributed by atoms with Crippen LogP contribution in [0, 0.1) is 0 Å². The number of halogens is 1. The third-order valence-corrected chi connectivity index (χ3v) is 3.96. The van der Waals surface area contributed by atoms with E-state index in [-0.39, 0.29) is 36.1 Å². The van der Waals surface area contributed by atoms with Gasteiger partial charge in [0.05, 0.1) is 31.4 Å². The van der Waals surface area contributed by atoms with Crippen LogP contribution in [0.4, 0.5) is 4.79 Å². The quantitative estimate of drug-likeness (QED) is 0.489. The van der Waals surface area contributed by atoms with Crippen molar-refractivity contribution in [2.24, 2.45) is 0 Å². The summed E-state index contributed by atoms with van der Waals surface area (Å²) in [7, 11) is 2.91. The number of hydroxylamine groups is 1. The van der Waals surface area contributed by atoms with Crippen LogP contribution < -0.4 is 20.3 Å². The van der Waals surface area contributed by atoms with Crippen molar-refractivity contribution in [3.05, 3.63) is 58.6 Å². The van der Waals surface area contributed by atoms with Crippen molar-refractivity contribution in [1.82, 2.24) is 10.8 Å². The summed E-state index contributed by atoms with van der Waals surface area (Å²) < 4.78 is 15.3. The largest absolute Gasteiger partial charge is 0.493 e. The van der Waals surface area contributed by atoms with Gasteiger partial charge in [0.2, 0.25) is 0 Å². The second-order valence-corrected chi connectivity index (χ2v) is 5.81. The Morgan fingerprint density at radius 2 is 1.79 bits per heavy atom. The molecule has 0 aliphatic heterocycles. The predicted molar refractivity (Wildman–Crippen MR) is 103 cm³/mol. The summed E-state index contributed by atoms with van der Waals surface area (Å²) in [5.74, 6) is 0.280. The normalized spacial score (nSPS) is 10.1. The van der Waals surface area contributed by atoms with Gasteiger partial charge in [0.15, 0.2) is 11.5 Å². The SMILES string of the molecule is COc1ccc(C(=O)NCCONC(=O)OCc2ccccc2)c(Cl)c1OC. The van der Waals surface area contributed by atoms with Crippen molar-refractivity contribution < 1.29 is 28.6 Å². The number of carbonyl (C=O) groups is 2. The third kappa shape index (κ3) is 6.04. The molecule has 0 heterocycles. The van der Waals surface area contributed by atoms with Crippen LogP contribution in [0.3, 0.4) is 0 Å². The summed E-state index contributed by atoms with van der Waals surface area (Å²) in [6.45, 7) is 0.310. The molecule has 0 atom stereocenters. The van der Waals surface area contributed by atoms with E-state index < -0.39 is 12.0 Å². The minimum Gasteiger partial charge on any atom is -0.493 e. The maximum Gasteiger partial charge on any atom is 0.431 e. The zero-order valence-electron chi connectivity index (χ0n) is 15.5. The Morgan fingerprint density at radius 1 is 1.04 bits per heavy atom. The maximum atomic E-state index is 12.2. The fourth-order valence-electron chi connectivity index (χ4n) is 2.24. The molecule has 0 aromatic heterocycles. The van der Waals surface area contributed by atoms with Gasteiger partial charge in [0.25, 0.3) is 5.91 Å². The predicted octanol–water partition coefficient (Wildman–Crippen LogP) is 2.95. The molecule has 0 saturated heterocycles. The van der Waals surface area contributed by atoms with Gasteiger partial charge < -0.3 is 19.5 Å². The van der Waals surface area contributed by atoms with Crippen LogP contribution in [0.5, 0.6) is 11.5 Å². The maximum absolute atomic E-state index is 12.2.